The van der Waals surface area contributed by atoms with Gasteiger partial charge in [-0.3, -0.25) is 9.59 Å². The third-order valence-electron chi connectivity index (χ3n) is 3.33. The third kappa shape index (κ3) is 4.53. The lowest BCUT2D eigenvalue weighted by Crippen LogP contribution is -2.35. The van der Waals surface area contributed by atoms with Crippen molar-refractivity contribution in [2.24, 2.45) is 5.92 Å². The lowest BCUT2D eigenvalue weighted by atomic mass is 10.1. The molecule has 1 aromatic carbocycles. The summed E-state index contributed by atoms with van der Waals surface area (Å²) in [6.45, 7) is 0.911. The van der Waals surface area contributed by atoms with Crippen molar-refractivity contribution >= 4 is 11.8 Å². The van der Waals surface area contributed by atoms with Crippen LogP contribution in [0.1, 0.15) is 29.6 Å². The van der Waals surface area contributed by atoms with E-state index in [-0.39, 0.29) is 11.8 Å². The largest absolute Gasteiger partial charge is 0.354 e. The topological polar surface area (TPSA) is 58.2 Å². The second-order valence-corrected chi connectivity index (χ2v) is 4.94. The van der Waals surface area contributed by atoms with Crippen LogP contribution in [0.5, 0.6) is 0 Å². The van der Waals surface area contributed by atoms with Crippen molar-refractivity contribution in [2.75, 3.05) is 13.1 Å². The molecule has 1 aliphatic carbocycles. The highest BCUT2D eigenvalue weighted by Gasteiger charge is 2.13. The molecule has 106 valence electrons. The number of nitrogens with one attached hydrogen (secondary N) is 2. The first-order chi connectivity index (χ1) is 9.75. The number of carbonyl (C=O) groups excluding carboxylic acids is 2. The van der Waals surface area contributed by atoms with Gasteiger partial charge < -0.3 is 10.6 Å². The number of amides is 2. The summed E-state index contributed by atoms with van der Waals surface area (Å²) < 4.78 is 0. The van der Waals surface area contributed by atoms with Crippen LogP contribution in [0.2, 0.25) is 0 Å². The maximum absolute atomic E-state index is 11.7. The lowest BCUT2D eigenvalue weighted by molar-refractivity contribution is -0.121. The van der Waals surface area contributed by atoms with Crippen LogP contribution >= 0.6 is 0 Å². The fourth-order valence-electron chi connectivity index (χ4n) is 2.25. The predicted octanol–water partition coefficient (Wildman–Crippen LogP) is 1.89. The van der Waals surface area contributed by atoms with Crippen molar-refractivity contribution in [3.8, 4) is 0 Å². The Labute approximate surface area is 119 Å². The number of benzene rings is 1. The van der Waals surface area contributed by atoms with Crippen molar-refractivity contribution < 1.29 is 9.59 Å². The van der Waals surface area contributed by atoms with Gasteiger partial charge in [-0.15, -0.1) is 0 Å². The molecule has 0 aromatic heterocycles. The Morgan fingerprint density at radius 2 is 1.85 bits per heavy atom. The van der Waals surface area contributed by atoms with Crippen LogP contribution in [0.4, 0.5) is 0 Å². The number of hydrogen-bond acceptors (Lipinski definition) is 2. The molecule has 2 N–H and O–H groups in total. The molecule has 0 spiro atoms. The fourth-order valence-corrected chi connectivity index (χ4v) is 2.25. The molecule has 4 heteroatoms. The van der Waals surface area contributed by atoms with Crippen LogP contribution in [0.15, 0.2) is 42.5 Å². The van der Waals surface area contributed by atoms with Gasteiger partial charge in [0.15, 0.2) is 0 Å². The zero-order valence-corrected chi connectivity index (χ0v) is 11.5. The molecule has 0 aliphatic heterocycles. The number of hydrogen-bond donors (Lipinski definition) is 2. The Morgan fingerprint density at radius 3 is 2.55 bits per heavy atom. The minimum absolute atomic E-state index is 0.0514. The molecule has 20 heavy (non-hydrogen) atoms. The summed E-state index contributed by atoms with van der Waals surface area (Å²) in [5.74, 6) is 0.322. The standard InChI is InChI=1S/C16H20N2O2/c19-15(12-13-6-4-5-7-13)17-10-11-18-16(20)14-8-2-1-3-9-14/h1-4,6,8-9,13H,5,7,10-12H2,(H,17,19)(H,18,20)/t13-/m1/s1. The van der Waals surface area contributed by atoms with Crippen LogP contribution in [0.25, 0.3) is 0 Å². The zero-order chi connectivity index (χ0) is 14.2. The second-order valence-electron chi connectivity index (χ2n) is 4.94. The quantitative estimate of drug-likeness (QED) is 0.613. The van der Waals surface area contributed by atoms with E-state index in [4.69, 9.17) is 0 Å². The van der Waals surface area contributed by atoms with Gasteiger partial charge in [0.2, 0.25) is 5.91 Å². The Morgan fingerprint density at radius 1 is 1.10 bits per heavy atom. The van der Waals surface area contributed by atoms with Crippen molar-refractivity contribution in [2.45, 2.75) is 19.3 Å². The van der Waals surface area contributed by atoms with Crippen molar-refractivity contribution in [3.63, 3.8) is 0 Å². The van der Waals surface area contributed by atoms with Gasteiger partial charge in [-0.1, -0.05) is 30.4 Å². The van der Waals surface area contributed by atoms with Crippen LogP contribution in [0, 0.1) is 5.92 Å². The maximum atomic E-state index is 11.7. The molecule has 1 atom stereocenters. The molecule has 0 fully saturated rings. The highest BCUT2D eigenvalue weighted by atomic mass is 16.2. The Hall–Kier alpha value is -2.10. The molecule has 0 saturated carbocycles. The van der Waals surface area contributed by atoms with Crippen molar-refractivity contribution in [3.05, 3.63) is 48.0 Å². The molecule has 4 nitrogen and oxygen atoms in total. The molecule has 2 rings (SSSR count). The normalized spacial score (nSPS) is 16.9. The minimum atomic E-state index is -0.112. The zero-order valence-electron chi connectivity index (χ0n) is 11.5. The summed E-state index contributed by atoms with van der Waals surface area (Å²) in [6.07, 6.45) is 6.92. The van der Waals surface area contributed by atoms with Gasteiger partial charge >= 0.3 is 0 Å². The molecule has 0 saturated heterocycles. The van der Waals surface area contributed by atoms with E-state index in [0.29, 0.717) is 31.0 Å². The average molecular weight is 272 g/mol. The summed E-state index contributed by atoms with van der Waals surface area (Å²) >= 11 is 0. The summed E-state index contributed by atoms with van der Waals surface area (Å²) in [6, 6.07) is 9.05. The Bertz CT molecular complexity index is 483. The monoisotopic (exact) mass is 272 g/mol. The second kappa shape index (κ2) is 7.48. The van der Waals surface area contributed by atoms with Crippen LogP contribution in [-0.4, -0.2) is 24.9 Å². The Kier molecular flexibility index (Phi) is 5.35. The van der Waals surface area contributed by atoms with E-state index < -0.39 is 0 Å². The van der Waals surface area contributed by atoms with E-state index in [0.717, 1.165) is 12.8 Å². The van der Waals surface area contributed by atoms with Gasteiger partial charge in [-0.05, 0) is 30.9 Å². The molecular formula is C16H20N2O2. The first-order valence-corrected chi connectivity index (χ1v) is 7.02. The highest BCUT2D eigenvalue weighted by Crippen LogP contribution is 2.19. The molecule has 0 unspecified atom stereocenters. The summed E-state index contributed by atoms with van der Waals surface area (Å²) in [4.78, 5) is 23.4. The molecule has 2 amide bonds. The van der Waals surface area contributed by atoms with Gasteiger partial charge in [0.25, 0.3) is 5.91 Å². The van der Waals surface area contributed by atoms with Gasteiger partial charge in [0.1, 0.15) is 0 Å². The fraction of sp³-hybridized carbons (Fsp3) is 0.375. The first kappa shape index (κ1) is 14.3. The van der Waals surface area contributed by atoms with E-state index in [1.165, 1.54) is 0 Å². The highest BCUT2D eigenvalue weighted by molar-refractivity contribution is 5.94. The summed E-state index contributed by atoms with van der Waals surface area (Å²) in [5.41, 5.74) is 0.634. The molecular weight excluding hydrogens is 252 g/mol. The van der Waals surface area contributed by atoms with E-state index in [9.17, 15) is 9.59 Å². The van der Waals surface area contributed by atoms with Gasteiger partial charge in [-0.25, -0.2) is 0 Å². The molecule has 0 radical (unpaired) electrons. The third-order valence-corrected chi connectivity index (χ3v) is 3.33. The molecule has 0 bridgehead atoms. The SMILES string of the molecule is O=C(C[C@@H]1C=CCC1)NCCNC(=O)c1ccccc1. The van der Waals surface area contributed by atoms with E-state index in [1.807, 2.05) is 18.2 Å². The van der Waals surface area contributed by atoms with Crippen LogP contribution in [-0.2, 0) is 4.79 Å². The molecule has 1 aromatic rings. The number of rotatable bonds is 6. The first-order valence-electron chi connectivity index (χ1n) is 7.02. The molecule has 0 heterocycles. The Balaban J connectivity index is 1.60. The van der Waals surface area contributed by atoms with E-state index in [1.54, 1.807) is 12.1 Å². The van der Waals surface area contributed by atoms with Gasteiger partial charge in [-0.2, -0.15) is 0 Å². The van der Waals surface area contributed by atoms with Gasteiger partial charge in [0.05, 0.1) is 0 Å². The number of carbonyl (C=O) groups is 2. The summed E-state index contributed by atoms with van der Waals surface area (Å²) in [7, 11) is 0. The molecule has 1 aliphatic rings. The maximum Gasteiger partial charge on any atom is 0.251 e. The van der Waals surface area contributed by atoms with Crippen LogP contribution < -0.4 is 10.6 Å². The van der Waals surface area contributed by atoms with Gasteiger partial charge in [0, 0.05) is 25.1 Å². The summed E-state index contributed by atoms with van der Waals surface area (Å²) in [5, 5.41) is 5.61. The van der Waals surface area contributed by atoms with E-state index >= 15 is 0 Å². The van der Waals surface area contributed by atoms with Crippen molar-refractivity contribution in [1.82, 2.24) is 10.6 Å². The van der Waals surface area contributed by atoms with Crippen molar-refractivity contribution in [1.29, 1.82) is 0 Å². The average Bonchev–Trinajstić information content (AvgIpc) is 2.97. The minimum Gasteiger partial charge on any atom is -0.354 e. The van der Waals surface area contributed by atoms with Crippen LogP contribution in [0.3, 0.4) is 0 Å². The lowest BCUT2D eigenvalue weighted by Gasteiger charge is -2.09. The van der Waals surface area contributed by atoms with E-state index in [2.05, 4.69) is 22.8 Å². The smallest absolute Gasteiger partial charge is 0.251 e. The number of allylic oxidation sites excluding steroid dienone is 2. The predicted molar refractivity (Wildman–Crippen MR) is 78.3 cm³/mol.